The number of nitrogens with zero attached hydrogens (tertiary/aromatic N) is 3. The lowest BCUT2D eigenvalue weighted by molar-refractivity contribution is 0.0950. The molecule has 0 spiro atoms. The summed E-state index contributed by atoms with van der Waals surface area (Å²) in [5, 5.41) is 13.8. The predicted octanol–water partition coefficient (Wildman–Crippen LogP) is 2.28. The SMILES string of the molecule is CCCNc1cc(C(=O)NCc2cccnn2)cc(Cl)n1. The van der Waals surface area contributed by atoms with Gasteiger partial charge in [-0.15, -0.1) is 0 Å². The normalized spacial score (nSPS) is 10.2. The molecule has 21 heavy (non-hydrogen) atoms. The number of hydrogen-bond donors (Lipinski definition) is 2. The minimum Gasteiger partial charge on any atom is -0.370 e. The molecule has 110 valence electrons. The minimum absolute atomic E-state index is 0.232. The van der Waals surface area contributed by atoms with E-state index in [0.29, 0.717) is 23.6 Å². The van der Waals surface area contributed by atoms with Gasteiger partial charge < -0.3 is 10.6 Å². The van der Waals surface area contributed by atoms with Crippen molar-refractivity contribution in [3.8, 4) is 0 Å². The Morgan fingerprint density at radius 1 is 1.38 bits per heavy atom. The summed E-state index contributed by atoms with van der Waals surface area (Å²) in [4.78, 5) is 16.2. The Bertz CT molecular complexity index is 606. The quantitative estimate of drug-likeness (QED) is 0.800. The van der Waals surface area contributed by atoms with Gasteiger partial charge in [-0.05, 0) is 30.7 Å². The zero-order valence-electron chi connectivity index (χ0n) is 11.6. The van der Waals surface area contributed by atoms with Crippen molar-refractivity contribution in [3.05, 3.63) is 46.9 Å². The molecule has 6 nitrogen and oxygen atoms in total. The standard InChI is InChI=1S/C14H16ClN5O/c1-2-5-16-13-8-10(7-12(15)19-13)14(21)17-9-11-4-3-6-18-20-11/h3-4,6-8H,2,5,9H2,1H3,(H,16,19)(H,17,21). The third-order valence-electron chi connectivity index (χ3n) is 2.67. The molecule has 0 aliphatic rings. The number of hydrogen-bond acceptors (Lipinski definition) is 5. The summed E-state index contributed by atoms with van der Waals surface area (Å²) in [6.07, 6.45) is 2.54. The Kier molecular flexibility index (Phi) is 5.45. The van der Waals surface area contributed by atoms with E-state index in [9.17, 15) is 4.79 Å². The van der Waals surface area contributed by atoms with Gasteiger partial charge in [0.2, 0.25) is 0 Å². The first-order chi connectivity index (χ1) is 10.2. The van der Waals surface area contributed by atoms with E-state index in [4.69, 9.17) is 11.6 Å². The highest BCUT2D eigenvalue weighted by atomic mass is 35.5. The first-order valence-corrected chi connectivity index (χ1v) is 7.03. The van der Waals surface area contributed by atoms with E-state index < -0.39 is 0 Å². The first-order valence-electron chi connectivity index (χ1n) is 6.65. The molecule has 0 aromatic carbocycles. The number of nitrogens with one attached hydrogen (secondary N) is 2. The van der Waals surface area contributed by atoms with Gasteiger partial charge in [-0.25, -0.2) is 4.98 Å². The summed E-state index contributed by atoms with van der Waals surface area (Å²) in [7, 11) is 0. The van der Waals surface area contributed by atoms with Crippen LogP contribution in [-0.4, -0.2) is 27.6 Å². The highest BCUT2D eigenvalue weighted by molar-refractivity contribution is 6.29. The van der Waals surface area contributed by atoms with E-state index >= 15 is 0 Å². The van der Waals surface area contributed by atoms with Crippen LogP contribution in [0.5, 0.6) is 0 Å². The monoisotopic (exact) mass is 305 g/mol. The van der Waals surface area contributed by atoms with Gasteiger partial charge in [0.25, 0.3) is 5.91 Å². The second kappa shape index (κ2) is 7.54. The van der Waals surface area contributed by atoms with Crippen molar-refractivity contribution in [1.29, 1.82) is 0 Å². The molecule has 2 rings (SSSR count). The van der Waals surface area contributed by atoms with Gasteiger partial charge in [0.15, 0.2) is 0 Å². The molecule has 0 aliphatic heterocycles. The van der Waals surface area contributed by atoms with Crippen molar-refractivity contribution in [2.45, 2.75) is 19.9 Å². The highest BCUT2D eigenvalue weighted by Gasteiger charge is 2.09. The van der Waals surface area contributed by atoms with Gasteiger partial charge in [-0.2, -0.15) is 10.2 Å². The third-order valence-corrected chi connectivity index (χ3v) is 2.86. The van der Waals surface area contributed by atoms with Crippen LogP contribution in [0, 0.1) is 0 Å². The largest absolute Gasteiger partial charge is 0.370 e. The van der Waals surface area contributed by atoms with Crippen LogP contribution in [0.3, 0.4) is 0 Å². The van der Waals surface area contributed by atoms with Crippen molar-refractivity contribution in [3.63, 3.8) is 0 Å². The van der Waals surface area contributed by atoms with E-state index in [1.807, 2.05) is 6.92 Å². The molecule has 2 N–H and O–H groups in total. The maximum Gasteiger partial charge on any atom is 0.251 e. The summed E-state index contributed by atoms with van der Waals surface area (Å²) in [6, 6.07) is 6.77. The second-order valence-corrected chi connectivity index (χ2v) is 4.78. The van der Waals surface area contributed by atoms with Crippen LogP contribution >= 0.6 is 11.6 Å². The Morgan fingerprint density at radius 3 is 2.95 bits per heavy atom. The van der Waals surface area contributed by atoms with Gasteiger partial charge in [-0.3, -0.25) is 4.79 Å². The summed E-state index contributed by atoms with van der Waals surface area (Å²) in [5.74, 6) is 0.360. The van der Waals surface area contributed by atoms with Gasteiger partial charge in [0.1, 0.15) is 11.0 Å². The molecule has 0 radical (unpaired) electrons. The van der Waals surface area contributed by atoms with Crippen LogP contribution in [0.2, 0.25) is 5.15 Å². The summed E-state index contributed by atoms with van der Waals surface area (Å²) >= 11 is 5.94. The van der Waals surface area contributed by atoms with Gasteiger partial charge in [-0.1, -0.05) is 18.5 Å². The molecule has 0 unspecified atom stereocenters. The Morgan fingerprint density at radius 2 is 2.24 bits per heavy atom. The van der Waals surface area contributed by atoms with Gasteiger partial charge in [0.05, 0.1) is 12.2 Å². The molecule has 1 amide bonds. The second-order valence-electron chi connectivity index (χ2n) is 4.39. The lowest BCUT2D eigenvalue weighted by Crippen LogP contribution is -2.23. The average molecular weight is 306 g/mol. The van der Waals surface area contributed by atoms with Crippen LogP contribution in [0.1, 0.15) is 29.4 Å². The molecule has 0 saturated carbocycles. The lowest BCUT2D eigenvalue weighted by atomic mass is 10.2. The van der Waals surface area contributed by atoms with Crippen LogP contribution in [0.25, 0.3) is 0 Å². The Hall–Kier alpha value is -2.21. The number of halogens is 1. The molecule has 0 atom stereocenters. The van der Waals surface area contributed by atoms with Crippen LogP contribution in [0.4, 0.5) is 5.82 Å². The molecule has 7 heteroatoms. The molecule has 2 aromatic rings. The highest BCUT2D eigenvalue weighted by Crippen LogP contribution is 2.14. The number of anilines is 1. The summed E-state index contributed by atoms with van der Waals surface area (Å²) in [5.41, 5.74) is 1.15. The molecule has 0 fully saturated rings. The molecule has 0 saturated heterocycles. The zero-order valence-corrected chi connectivity index (χ0v) is 12.4. The van der Waals surface area contributed by atoms with E-state index in [1.165, 1.54) is 6.07 Å². The molecular weight excluding hydrogens is 290 g/mol. The average Bonchev–Trinajstić information content (AvgIpc) is 2.51. The van der Waals surface area contributed by atoms with Crippen LogP contribution < -0.4 is 10.6 Å². The maximum atomic E-state index is 12.1. The fourth-order valence-electron chi connectivity index (χ4n) is 1.67. The first kappa shape index (κ1) is 15.2. The predicted molar refractivity (Wildman–Crippen MR) is 81.2 cm³/mol. The topological polar surface area (TPSA) is 79.8 Å². The van der Waals surface area contributed by atoms with Gasteiger partial charge in [0, 0.05) is 18.3 Å². The van der Waals surface area contributed by atoms with E-state index in [2.05, 4.69) is 25.8 Å². The van der Waals surface area contributed by atoms with Crippen molar-refractivity contribution >= 4 is 23.3 Å². The minimum atomic E-state index is -0.232. The lowest BCUT2D eigenvalue weighted by Gasteiger charge is -2.08. The number of rotatable bonds is 6. The third kappa shape index (κ3) is 4.68. The Balaban J connectivity index is 2.03. The maximum absolute atomic E-state index is 12.1. The van der Waals surface area contributed by atoms with Crippen LogP contribution in [-0.2, 0) is 6.54 Å². The Labute approximate surface area is 128 Å². The number of carbonyl (C=O) groups excluding carboxylic acids is 1. The number of amides is 1. The van der Waals surface area contributed by atoms with E-state index in [0.717, 1.165) is 13.0 Å². The van der Waals surface area contributed by atoms with Gasteiger partial charge >= 0.3 is 0 Å². The van der Waals surface area contributed by atoms with E-state index in [1.54, 1.807) is 24.4 Å². The number of aromatic nitrogens is 3. The van der Waals surface area contributed by atoms with Crippen LogP contribution in [0.15, 0.2) is 30.5 Å². The van der Waals surface area contributed by atoms with E-state index in [-0.39, 0.29) is 11.1 Å². The molecule has 0 aliphatic carbocycles. The van der Waals surface area contributed by atoms with Crippen molar-refractivity contribution in [2.24, 2.45) is 0 Å². The molecule has 2 heterocycles. The van der Waals surface area contributed by atoms with Crippen molar-refractivity contribution in [2.75, 3.05) is 11.9 Å². The molecular formula is C14H16ClN5O. The van der Waals surface area contributed by atoms with Crippen molar-refractivity contribution in [1.82, 2.24) is 20.5 Å². The zero-order chi connectivity index (χ0) is 15.1. The summed E-state index contributed by atoms with van der Waals surface area (Å²) in [6.45, 7) is 3.13. The fourth-order valence-corrected chi connectivity index (χ4v) is 1.88. The van der Waals surface area contributed by atoms with Crippen molar-refractivity contribution < 1.29 is 4.79 Å². The summed E-state index contributed by atoms with van der Waals surface area (Å²) < 4.78 is 0. The fraction of sp³-hybridized carbons (Fsp3) is 0.286. The number of pyridine rings is 1. The smallest absolute Gasteiger partial charge is 0.251 e. The number of carbonyl (C=O) groups is 1. The molecule has 2 aromatic heterocycles. The molecule has 0 bridgehead atoms.